The van der Waals surface area contributed by atoms with Crippen molar-refractivity contribution in [1.82, 2.24) is 0 Å². The van der Waals surface area contributed by atoms with Gasteiger partial charge in [-0.05, 0) is 47.4 Å². The van der Waals surface area contributed by atoms with Crippen molar-refractivity contribution in [3.8, 4) is 11.5 Å². The zero-order valence-electron chi connectivity index (χ0n) is 16.6. The first-order valence-corrected chi connectivity index (χ1v) is 12.6. The summed E-state index contributed by atoms with van der Waals surface area (Å²) in [6.45, 7) is 0. The molecule has 0 amide bonds. The molecule has 9 nitrogen and oxygen atoms in total. The van der Waals surface area contributed by atoms with Crippen molar-refractivity contribution >= 4 is 15.2 Å². The van der Waals surface area contributed by atoms with Crippen LogP contribution in [0.1, 0.15) is 22.6 Å². The third-order valence-corrected chi connectivity index (χ3v) is 8.14. The monoisotopic (exact) mass is 480 g/mol. The predicted molar refractivity (Wildman–Crippen MR) is 116 cm³/mol. The number of hydrogen-bond donors (Lipinski definition) is 6. The lowest BCUT2D eigenvalue weighted by atomic mass is 9.86. The second-order valence-corrected chi connectivity index (χ2v) is 10.9. The average molecular weight is 480 g/mol. The number of phenols is 1. The highest BCUT2D eigenvalue weighted by molar-refractivity contribution is 7.71. The molecular weight excluding hydrogens is 458 g/mol. The molecule has 0 saturated heterocycles. The van der Waals surface area contributed by atoms with Crippen molar-refractivity contribution < 1.29 is 43.7 Å². The molecule has 0 aromatic heterocycles. The fourth-order valence-corrected chi connectivity index (χ4v) is 5.01. The summed E-state index contributed by atoms with van der Waals surface area (Å²) in [5.41, 5.74) is 2.70. The molecule has 3 aromatic rings. The third kappa shape index (κ3) is 5.28. The first kappa shape index (κ1) is 24.2. The maximum Gasteiger partial charge on any atom is 0.415 e. The lowest BCUT2D eigenvalue weighted by molar-refractivity contribution is -0.0305. The largest absolute Gasteiger partial charge is 0.508 e. The summed E-state index contributed by atoms with van der Waals surface area (Å²) in [5, 5.41) is 15.6. The van der Waals surface area contributed by atoms with Gasteiger partial charge in [0.2, 0.25) is 0 Å². The maximum atomic E-state index is 11.5. The molecule has 0 spiro atoms. The Morgan fingerprint density at radius 3 is 1.69 bits per heavy atom. The summed E-state index contributed by atoms with van der Waals surface area (Å²) in [6, 6.07) is 21.9. The van der Waals surface area contributed by atoms with Crippen molar-refractivity contribution in [2.45, 2.75) is 17.6 Å². The van der Waals surface area contributed by atoms with Gasteiger partial charge in [-0.3, -0.25) is 9.13 Å². The van der Waals surface area contributed by atoms with Crippen molar-refractivity contribution in [1.29, 1.82) is 0 Å². The lowest BCUT2D eigenvalue weighted by Crippen LogP contribution is -2.35. The molecule has 0 aliphatic carbocycles. The van der Waals surface area contributed by atoms with E-state index < -0.39 is 20.5 Å². The van der Waals surface area contributed by atoms with Crippen LogP contribution in [0.3, 0.4) is 0 Å². The maximum absolute atomic E-state index is 11.5. The van der Waals surface area contributed by atoms with Crippen LogP contribution >= 0.6 is 15.2 Å². The molecule has 0 radical (unpaired) electrons. The van der Waals surface area contributed by atoms with Crippen LogP contribution in [0.15, 0.2) is 78.9 Å². The highest BCUT2D eigenvalue weighted by Gasteiger charge is 2.63. The fraction of sp³-hybridized carbons (Fsp3) is 0.143. The van der Waals surface area contributed by atoms with E-state index in [1.807, 2.05) is 30.3 Å². The van der Waals surface area contributed by atoms with E-state index in [-0.39, 0.29) is 17.4 Å². The number of phenolic OH excluding ortho intramolecular Hbond substituents is 1. The van der Waals surface area contributed by atoms with Gasteiger partial charge in [-0.15, -0.1) is 0 Å². The minimum Gasteiger partial charge on any atom is -0.508 e. The predicted octanol–water partition coefficient (Wildman–Crippen LogP) is 3.10. The Hall–Kier alpha value is -2.48. The van der Waals surface area contributed by atoms with Gasteiger partial charge in [-0.1, -0.05) is 54.6 Å². The zero-order chi connectivity index (χ0) is 23.6. The summed E-state index contributed by atoms with van der Waals surface area (Å²) in [7, 11) is -11.5. The highest BCUT2D eigenvalue weighted by atomic mass is 31.2. The van der Waals surface area contributed by atoms with Gasteiger partial charge in [0.05, 0.1) is 0 Å². The SMILES string of the molecule is O=P(O)(O)C(O)(Oc1ccc(C(Cc2ccccc2)c2ccc(O)cc2)cc1)P(=O)(O)O. The van der Waals surface area contributed by atoms with Crippen LogP contribution in [0.25, 0.3) is 0 Å². The molecular formula is C21H22O9P2. The molecule has 0 saturated carbocycles. The standard InChI is InChI=1S/C21H22O9P2/c22-18-10-6-16(7-11-18)20(14-15-4-2-1-3-5-15)17-8-12-19(13-9-17)30-21(23,31(24,25)26)32(27,28)29/h1-13,20,22-23H,14H2,(H2,24,25,26)(H2,27,28,29). The van der Waals surface area contributed by atoms with E-state index in [1.165, 1.54) is 12.1 Å². The quantitative estimate of drug-likeness (QED) is 0.210. The normalized spacial score (nSPS) is 13.5. The molecule has 32 heavy (non-hydrogen) atoms. The topological polar surface area (TPSA) is 165 Å². The molecule has 1 unspecified atom stereocenters. The zero-order valence-corrected chi connectivity index (χ0v) is 18.4. The fourth-order valence-electron chi connectivity index (χ4n) is 3.20. The molecule has 0 fully saturated rings. The van der Waals surface area contributed by atoms with Crippen molar-refractivity contribution in [3.05, 3.63) is 95.6 Å². The summed E-state index contributed by atoms with van der Waals surface area (Å²) < 4.78 is 27.7. The molecule has 6 N–H and O–H groups in total. The first-order chi connectivity index (χ1) is 14.9. The lowest BCUT2D eigenvalue weighted by Gasteiger charge is -2.29. The minimum absolute atomic E-state index is 0.116. The summed E-state index contributed by atoms with van der Waals surface area (Å²) >= 11 is 0. The molecule has 0 heterocycles. The van der Waals surface area contributed by atoms with Gasteiger partial charge in [0.15, 0.2) is 0 Å². The average Bonchev–Trinajstić information content (AvgIpc) is 2.72. The molecule has 11 heteroatoms. The van der Waals surface area contributed by atoms with Gasteiger partial charge in [-0.2, -0.15) is 0 Å². The second-order valence-electron chi connectivity index (χ2n) is 7.17. The number of aromatic hydroxyl groups is 1. The van der Waals surface area contributed by atoms with Gasteiger partial charge < -0.3 is 34.5 Å². The molecule has 3 rings (SSSR count). The van der Waals surface area contributed by atoms with E-state index in [0.717, 1.165) is 16.7 Å². The van der Waals surface area contributed by atoms with Crippen LogP contribution in [-0.2, 0) is 15.6 Å². The van der Waals surface area contributed by atoms with Crippen LogP contribution < -0.4 is 4.74 Å². The van der Waals surface area contributed by atoms with E-state index in [2.05, 4.69) is 0 Å². The van der Waals surface area contributed by atoms with E-state index in [1.54, 1.807) is 36.4 Å². The number of benzene rings is 3. The Morgan fingerprint density at radius 1 is 0.750 bits per heavy atom. The molecule has 0 bridgehead atoms. The third-order valence-electron chi connectivity index (χ3n) is 4.87. The summed E-state index contributed by atoms with van der Waals surface area (Å²) in [6.07, 6.45) is 0.598. The minimum atomic E-state index is -5.76. The van der Waals surface area contributed by atoms with Crippen LogP contribution in [0, 0.1) is 0 Å². The Kier molecular flexibility index (Phi) is 6.93. The van der Waals surface area contributed by atoms with Crippen LogP contribution in [0.4, 0.5) is 0 Å². The second kappa shape index (κ2) is 9.17. The molecule has 0 aliphatic heterocycles. The van der Waals surface area contributed by atoms with Gasteiger partial charge in [0.1, 0.15) is 11.5 Å². The summed E-state index contributed by atoms with van der Waals surface area (Å²) in [5.74, 6) is -0.397. The number of rotatable bonds is 8. The number of hydrogen-bond acceptors (Lipinski definition) is 5. The van der Waals surface area contributed by atoms with Gasteiger partial charge in [-0.25, -0.2) is 0 Å². The Morgan fingerprint density at radius 2 is 1.22 bits per heavy atom. The van der Waals surface area contributed by atoms with E-state index in [0.29, 0.717) is 6.42 Å². The van der Waals surface area contributed by atoms with Crippen LogP contribution in [0.2, 0.25) is 0 Å². The molecule has 170 valence electrons. The van der Waals surface area contributed by atoms with Crippen molar-refractivity contribution in [2.75, 3.05) is 0 Å². The van der Waals surface area contributed by atoms with E-state index in [4.69, 9.17) is 4.74 Å². The summed E-state index contributed by atoms with van der Waals surface area (Å²) in [4.78, 5) is 36.9. The van der Waals surface area contributed by atoms with E-state index in [9.17, 15) is 38.9 Å². The van der Waals surface area contributed by atoms with Crippen molar-refractivity contribution in [3.63, 3.8) is 0 Å². The van der Waals surface area contributed by atoms with Gasteiger partial charge in [0.25, 0.3) is 0 Å². The number of aliphatic hydroxyl groups is 1. The highest BCUT2D eigenvalue weighted by Crippen LogP contribution is 2.67. The number of ether oxygens (including phenoxy) is 1. The Bertz CT molecular complexity index is 1110. The van der Waals surface area contributed by atoms with Crippen molar-refractivity contribution in [2.24, 2.45) is 0 Å². The van der Waals surface area contributed by atoms with E-state index >= 15 is 0 Å². The van der Waals surface area contributed by atoms with Gasteiger partial charge >= 0.3 is 20.5 Å². The Balaban J connectivity index is 1.94. The smallest absolute Gasteiger partial charge is 0.415 e. The molecule has 1 atom stereocenters. The van der Waals surface area contributed by atoms with Crippen LogP contribution in [0.5, 0.6) is 11.5 Å². The molecule has 0 aliphatic rings. The Labute approximate surface area is 183 Å². The van der Waals surface area contributed by atoms with Crippen LogP contribution in [-0.4, -0.2) is 35.1 Å². The molecule has 3 aromatic carbocycles. The van der Waals surface area contributed by atoms with Gasteiger partial charge in [0, 0.05) is 5.92 Å². The first-order valence-electron chi connectivity index (χ1n) is 9.36.